The third-order valence-electron chi connectivity index (χ3n) is 6.39. The average molecular weight is 279 g/mol. The minimum absolute atomic E-state index is 0.121. The fraction of sp³-hybridized carbons (Fsp3) is 0.941. The Balaban J connectivity index is 1.64. The van der Waals surface area contributed by atoms with E-state index in [-0.39, 0.29) is 5.92 Å². The fourth-order valence-corrected chi connectivity index (χ4v) is 5.00. The third-order valence-corrected chi connectivity index (χ3v) is 6.39. The number of likely N-dealkylation sites (tertiary alicyclic amines) is 1. The molecule has 0 bridgehead atoms. The molecule has 3 atom stereocenters. The van der Waals surface area contributed by atoms with Crippen molar-refractivity contribution < 1.29 is 9.90 Å². The highest BCUT2D eigenvalue weighted by Gasteiger charge is 2.42. The van der Waals surface area contributed by atoms with Gasteiger partial charge in [-0.05, 0) is 69.4 Å². The molecule has 1 aliphatic heterocycles. The topological polar surface area (TPSA) is 40.5 Å². The molecule has 1 heterocycles. The van der Waals surface area contributed by atoms with Crippen LogP contribution in [0.1, 0.15) is 64.7 Å². The summed E-state index contributed by atoms with van der Waals surface area (Å²) in [6.07, 6.45) is 11.3. The molecule has 1 spiro atoms. The molecular formula is C17H29NO2. The van der Waals surface area contributed by atoms with E-state index in [1.54, 1.807) is 0 Å². The van der Waals surface area contributed by atoms with Gasteiger partial charge >= 0.3 is 5.97 Å². The van der Waals surface area contributed by atoms with Gasteiger partial charge in [0, 0.05) is 6.04 Å². The molecule has 3 rings (SSSR count). The smallest absolute Gasteiger partial charge is 0.308 e. The normalized spacial score (nSPS) is 38.1. The second-order valence-electron chi connectivity index (χ2n) is 7.67. The van der Waals surface area contributed by atoms with Crippen molar-refractivity contribution in [3.05, 3.63) is 0 Å². The minimum atomic E-state index is -0.567. The maximum Gasteiger partial charge on any atom is 0.308 e. The first-order chi connectivity index (χ1) is 9.60. The van der Waals surface area contributed by atoms with Crippen molar-refractivity contribution in [1.29, 1.82) is 0 Å². The van der Waals surface area contributed by atoms with Gasteiger partial charge in [-0.1, -0.05) is 19.8 Å². The largest absolute Gasteiger partial charge is 0.481 e. The van der Waals surface area contributed by atoms with Crippen LogP contribution >= 0.6 is 0 Å². The highest BCUT2D eigenvalue weighted by atomic mass is 16.4. The lowest BCUT2D eigenvalue weighted by Gasteiger charge is -2.46. The van der Waals surface area contributed by atoms with E-state index in [4.69, 9.17) is 0 Å². The summed E-state index contributed by atoms with van der Waals surface area (Å²) >= 11 is 0. The van der Waals surface area contributed by atoms with Gasteiger partial charge in [0.1, 0.15) is 0 Å². The van der Waals surface area contributed by atoms with E-state index in [1.165, 1.54) is 38.5 Å². The van der Waals surface area contributed by atoms with E-state index < -0.39 is 5.97 Å². The minimum Gasteiger partial charge on any atom is -0.481 e. The molecule has 3 heteroatoms. The molecule has 1 N–H and O–H groups in total. The molecule has 3 unspecified atom stereocenters. The number of rotatable bonds is 2. The van der Waals surface area contributed by atoms with Crippen LogP contribution in [0.25, 0.3) is 0 Å². The third kappa shape index (κ3) is 2.74. The fourth-order valence-electron chi connectivity index (χ4n) is 5.00. The van der Waals surface area contributed by atoms with Gasteiger partial charge in [-0.25, -0.2) is 0 Å². The Bertz CT molecular complexity index is 352. The molecule has 20 heavy (non-hydrogen) atoms. The van der Waals surface area contributed by atoms with Crippen molar-refractivity contribution >= 4 is 5.97 Å². The summed E-state index contributed by atoms with van der Waals surface area (Å²) in [5.74, 6) is 0.00449. The molecule has 114 valence electrons. The number of hydrogen-bond acceptors (Lipinski definition) is 2. The van der Waals surface area contributed by atoms with E-state index in [9.17, 15) is 9.90 Å². The maximum atomic E-state index is 11.5. The summed E-state index contributed by atoms with van der Waals surface area (Å²) in [7, 11) is 0. The van der Waals surface area contributed by atoms with E-state index in [2.05, 4.69) is 11.8 Å². The van der Waals surface area contributed by atoms with Crippen LogP contribution in [0.15, 0.2) is 0 Å². The summed E-state index contributed by atoms with van der Waals surface area (Å²) in [5.41, 5.74) is 0.634. The molecule has 0 aromatic rings. The molecule has 0 radical (unpaired) electrons. The lowest BCUT2D eigenvalue weighted by molar-refractivity contribution is -0.146. The SMILES string of the molecule is CC1CCC(C(=O)O)C(N2CCC3(CCCC3)CC2)C1. The van der Waals surface area contributed by atoms with Crippen molar-refractivity contribution in [1.82, 2.24) is 4.90 Å². The Morgan fingerprint density at radius 1 is 1.10 bits per heavy atom. The standard InChI is InChI=1S/C17H29NO2/c1-13-4-5-14(16(19)20)15(12-13)18-10-8-17(9-11-18)6-2-3-7-17/h13-15H,2-12H2,1H3,(H,19,20). The Hall–Kier alpha value is -0.570. The Kier molecular flexibility index (Phi) is 4.07. The van der Waals surface area contributed by atoms with Crippen molar-refractivity contribution in [3.63, 3.8) is 0 Å². The van der Waals surface area contributed by atoms with Crippen LogP contribution < -0.4 is 0 Å². The van der Waals surface area contributed by atoms with Gasteiger partial charge in [-0.15, -0.1) is 0 Å². The van der Waals surface area contributed by atoms with Crippen molar-refractivity contribution in [2.45, 2.75) is 70.8 Å². The van der Waals surface area contributed by atoms with Crippen molar-refractivity contribution in [2.75, 3.05) is 13.1 Å². The molecule has 2 saturated carbocycles. The number of carboxylic acids is 1. The highest BCUT2D eigenvalue weighted by Crippen LogP contribution is 2.47. The van der Waals surface area contributed by atoms with Gasteiger partial charge in [0.15, 0.2) is 0 Å². The highest BCUT2D eigenvalue weighted by molar-refractivity contribution is 5.71. The van der Waals surface area contributed by atoms with Crippen molar-refractivity contribution in [3.8, 4) is 0 Å². The van der Waals surface area contributed by atoms with E-state index >= 15 is 0 Å². The quantitative estimate of drug-likeness (QED) is 0.840. The van der Waals surface area contributed by atoms with E-state index in [1.807, 2.05) is 0 Å². The maximum absolute atomic E-state index is 11.5. The second-order valence-corrected chi connectivity index (χ2v) is 7.67. The Labute approximate surface area is 122 Å². The molecule has 2 aliphatic carbocycles. The summed E-state index contributed by atoms with van der Waals surface area (Å²) < 4.78 is 0. The first kappa shape index (κ1) is 14.4. The van der Waals surface area contributed by atoms with Gasteiger partial charge in [-0.2, -0.15) is 0 Å². The molecule has 1 saturated heterocycles. The first-order valence-electron chi connectivity index (χ1n) is 8.56. The van der Waals surface area contributed by atoms with Gasteiger partial charge in [-0.3, -0.25) is 9.69 Å². The van der Waals surface area contributed by atoms with Gasteiger partial charge in [0.2, 0.25) is 0 Å². The zero-order chi connectivity index (χ0) is 14.2. The summed E-state index contributed by atoms with van der Waals surface area (Å²) in [5, 5.41) is 9.50. The Morgan fingerprint density at radius 2 is 1.75 bits per heavy atom. The predicted octanol–water partition coefficient (Wildman–Crippen LogP) is 3.53. The van der Waals surface area contributed by atoms with Crippen LogP contribution in [0.2, 0.25) is 0 Å². The predicted molar refractivity (Wildman–Crippen MR) is 79.6 cm³/mol. The summed E-state index contributed by atoms with van der Waals surface area (Å²) in [4.78, 5) is 14.1. The van der Waals surface area contributed by atoms with Crippen LogP contribution in [-0.2, 0) is 4.79 Å². The summed E-state index contributed by atoms with van der Waals surface area (Å²) in [6, 6.07) is 0.301. The monoisotopic (exact) mass is 279 g/mol. The van der Waals surface area contributed by atoms with Crippen LogP contribution in [0.3, 0.4) is 0 Å². The first-order valence-corrected chi connectivity index (χ1v) is 8.56. The van der Waals surface area contributed by atoms with Crippen molar-refractivity contribution in [2.24, 2.45) is 17.3 Å². The molecule has 3 aliphatic rings. The van der Waals surface area contributed by atoms with Crippen LogP contribution in [0.4, 0.5) is 0 Å². The number of carbonyl (C=O) groups is 1. The number of carboxylic acid groups (broad SMARTS) is 1. The number of piperidine rings is 1. The number of aliphatic carboxylic acids is 1. The number of nitrogens with zero attached hydrogens (tertiary/aromatic N) is 1. The second kappa shape index (κ2) is 5.67. The van der Waals surface area contributed by atoms with Crippen LogP contribution in [-0.4, -0.2) is 35.1 Å². The average Bonchev–Trinajstić information content (AvgIpc) is 2.87. The van der Waals surface area contributed by atoms with Crippen LogP contribution in [0.5, 0.6) is 0 Å². The lowest BCUT2D eigenvalue weighted by atomic mass is 9.74. The Morgan fingerprint density at radius 3 is 2.35 bits per heavy atom. The zero-order valence-electron chi connectivity index (χ0n) is 12.8. The van der Waals surface area contributed by atoms with Gasteiger partial charge < -0.3 is 5.11 Å². The molecule has 0 aromatic heterocycles. The molecular weight excluding hydrogens is 250 g/mol. The van der Waals surface area contributed by atoms with E-state index in [0.717, 1.165) is 32.4 Å². The molecule has 3 nitrogen and oxygen atoms in total. The molecule has 0 aromatic carbocycles. The van der Waals surface area contributed by atoms with E-state index in [0.29, 0.717) is 17.4 Å². The summed E-state index contributed by atoms with van der Waals surface area (Å²) in [6.45, 7) is 4.57. The lowest BCUT2D eigenvalue weighted by Crippen LogP contribution is -2.51. The number of hydrogen-bond donors (Lipinski definition) is 1. The van der Waals surface area contributed by atoms with Gasteiger partial charge in [0.25, 0.3) is 0 Å². The van der Waals surface area contributed by atoms with Gasteiger partial charge in [0.05, 0.1) is 5.92 Å². The molecule has 3 fully saturated rings. The molecule has 0 amide bonds. The van der Waals surface area contributed by atoms with Crippen LogP contribution in [0, 0.1) is 17.3 Å². The zero-order valence-corrected chi connectivity index (χ0v) is 12.8.